The Morgan fingerprint density at radius 2 is 1.63 bits per heavy atom. The van der Waals surface area contributed by atoms with E-state index in [4.69, 9.17) is 23.7 Å². The Morgan fingerprint density at radius 3 is 2.17 bits per heavy atom. The number of hydrogen-bond donors (Lipinski definition) is 0. The van der Waals surface area contributed by atoms with Gasteiger partial charge in [-0.25, -0.2) is 0 Å². The van der Waals surface area contributed by atoms with Crippen molar-refractivity contribution in [2.45, 2.75) is 25.0 Å². The van der Waals surface area contributed by atoms with Crippen molar-refractivity contribution >= 4 is 17.5 Å². The summed E-state index contributed by atoms with van der Waals surface area (Å²) in [6.45, 7) is 2.69. The highest BCUT2D eigenvalue weighted by Gasteiger charge is 2.43. The second-order valence-electron chi connectivity index (χ2n) is 7.72. The lowest BCUT2D eigenvalue weighted by Gasteiger charge is -2.38. The summed E-state index contributed by atoms with van der Waals surface area (Å²) < 4.78 is 27.6. The van der Waals surface area contributed by atoms with Gasteiger partial charge in [0, 0.05) is 51.0 Å². The minimum atomic E-state index is -0.523. The molecular formula is C21H28N2O7. The third-order valence-electron chi connectivity index (χ3n) is 6.09. The fraction of sp³-hybridized carbons (Fsp3) is 0.619. The van der Waals surface area contributed by atoms with Crippen LogP contribution >= 0.6 is 0 Å². The molecule has 3 aliphatic rings. The van der Waals surface area contributed by atoms with Crippen molar-refractivity contribution in [2.24, 2.45) is 5.92 Å². The topological polar surface area (TPSA) is 86.8 Å². The van der Waals surface area contributed by atoms with Crippen molar-refractivity contribution in [1.82, 2.24) is 4.90 Å². The van der Waals surface area contributed by atoms with E-state index in [1.807, 2.05) is 4.90 Å². The standard InChI is InChI=1S/C21H28N2O7/c1-26-16-11-15(12-17(27-2)19(16)28-3)23-13-14(10-18(23)24)20(25)22-6-4-21(5-7-22)29-8-9-30-21/h11-12,14H,4-10,13H2,1-3H3. The van der Waals surface area contributed by atoms with Crippen LogP contribution in [-0.4, -0.2) is 76.7 Å². The highest BCUT2D eigenvalue weighted by Crippen LogP contribution is 2.42. The number of carbonyl (C=O) groups is 2. The van der Waals surface area contributed by atoms with Crippen molar-refractivity contribution in [2.75, 3.05) is 59.1 Å². The lowest BCUT2D eigenvalue weighted by molar-refractivity contribution is -0.188. The molecule has 0 aromatic heterocycles. The molecule has 1 spiro atoms. The molecule has 0 radical (unpaired) electrons. The van der Waals surface area contributed by atoms with Gasteiger partial charge in [-0.15, -0.1) is 0 Å². The van der Waals surface area contributed by atoms with Crippen LogP contribution in [0, 0.1) is 5.92 Å². The van der Waals surface area contributed by atoms with Gasteiger partial charge in [0.15, 0.2) is 17.3 Å². The first-order valence-electron chi connectivity index (χ1n) is 10.2. The Kier molecular flexibility index (Phi) is 5.75. The van der Waals surface area contributed by atoms with Gasteiger partial charge in [-0.2, -0.15) is 0 Å². The molecule has 0 aliphatic carbocycles. The Balaban J connectivity index is 1.46. The Morgan fingerprint density at radius 1 is 1.03 bits per heavy atom. The lowest BCUT2D eigenvalue weighted by Crippen LogP contribution is -2.49. The zero-order chi connectivity index (χ0) is 21.3. The van der Waals surface area contributed by atoms with Gasteiger partial charge in [-0.05, 0) is 0 Å². The zero-order valence-corrected chi connectivity index (χ0v) is 17.6. The summed E-state index contributed by atoms with van der Waals surface area (Å²) in [5.74, 6) is 0.395. The number of ether oxygens (including phenoxy) is 5. The maximum atomic E-state index is 13.1. The molecule has 4 rings (SSSR count). The van der Waals surface area contributed by atoms with E-state index in [-0.39, 0.29) is 24.2 Å². The van der Waals surface area contributed by atoms with E-state index < -0.39 is 5.79 Å². The molecule has 1 unspecified atom stereocenters. The summed E-state index contributed by atoms with van der Waals surface area (Å²) >= 11 is 0. The third kappa shape index (κ3) is 3.67. The van der Waals surface area contributed by atoms with E-state index in [1.54, 1.807) is 17.0 Å². The summed E-state index contributed by atoms with van der Waals surface area (Å²) in [6, 6.07) is 3.46. The van der Waals surface area contributed by atoms with Crippen LogP contribution in [0.15, 0.2) is 12.1 Å². The van der Waals surface area contributed by atoms with E-state index in [1.165, 1.54) is 21.3 Å². The van der Waals surface area contributed by atoms with Crippen molar-refractivity contribution in [3.05, 3.63) is 12.1 Å². The van der Waals surface area contributed by atoms with Gasteiger partial charge in [0.1, 0.15) is 0 Å². The third-order valence-corrected chi connectivity index (χ3v) is 6.09. The minimum absolute atomic E-state index is 0.00568. The molecule has 9 heteroatoms. The number of nitrogens with zero attached hydrogens (tertiary/aromatic N) is 2. The number of anilines is 1. The molecule has 1 atom stereocenters. The van der Waals surface area contributed by atoms with Gasteiger partial charge in [-0.1, -0.05) is 0 Å². The SMILES string of the molecule is COc1cc(N2CC(C(=O)N3CCC4(CC3)OCCO4)CC2=O)cc(OC)c1OC. The first-order valence-corrected chi connectivity index (χ1v) is 10.2. The quantitative estimate of drug-likeness (QED) is 0.712. The lowest BCUT2D eigenvalue weighted by atomic mass is 10.0. The number of carbonyl (C=O) groups excluding carboxylic acids is 2. The Labute approximate surface area is 175 Å². The van der Waals surface area contributed by atoms with Crippen LogP contribution in [0.4, 0.5) is 5.69 Å². The van der Waals surface area contributed by atoms with Gasteiger partial charge in [0.05, 0.1) is 46.1 Å². The maximum Gasteiger partial charge on any atom is 0.228 e. The summed E-state index contributed by atoms with van der Waals surface area (Å²) in [4.78, 5) is 29.2. The molecular weight excluding hydrogens is 392 g/mol. The smallest absolute Gasteiger partial charge is 0.228 e. The van der Waals surface area contributed by atoms with E-state index in [2.05, 4.69) is 0 Å². The number of methoxy groups -OCH3 is 3. The van der Waals surface area contributed by atoms with E-state index in [9.17, 15) is 9.59 Å². The van der Waals surface area contributed by atoms with Crippen LogP contribution in [0.1, 0.15) is 19.3 Å². The summed E-state index contributed by atoms with van der Waals surface area (Å²) in [5, 5.41) is 0. The predicted octanol–water partition coefficient (Wildman–Crippen LogP) is 1.43. The van der Waals surface area contributed by atoms with Gasteiger partial charge >= 0.3 is 0 Å². The van der Waals surface area contributed by atoms with Crippen molar-refractivity contribution in [3.8, 4) is 17.2 Å². The highest BCUT2D eigenvalue weighted by molar-refractivity contribution is 6.00. The number of hydrogen-bond acceptors (Lipinski definition) is 7. The molecule has 1 aromatic carbocycles. The van der Waals surface area contributed by atoms with Gasteiger partial charge in [0.25, 0.3) is 0 Å². The van der Waals surface area contributed by atoms with Crippen molar-refractivity contribution in [1.29, 1.82) is 0 Å². The number of likely N-dealkylation sites (tertiary alicyclic amines) is 1. The molecule has 0 bridgehead atoms. The largest absolute Gasteiger partial charge is 0.493 e. The van der Waals surface area contributed by atoms with E-state index in [0.29, 0.717) is 68.6 Å². The average Bonchev–Trinajstić information content (AvgIpc) is 3.39. The normalized spacial score (nSPS) is 23.2. The molecule has 3 heterocycles. The first-order chi connectivity index (χ1) is 14.5. The average molecular weight is 420 g/mol. The number of amides is 2. The predicted molar refractivity (Wildman–Crippen MR) is 107 cm³/mol. The van der Waals surface area contributed by atoms with Crippen molar-refractivity contribution in [3.63, 3.8) is 0 Å². The second kappa shape index (κ2) is 8.31. The molecule has 30 heavy (non-hydrogen) atoms. The highest BCUT2D eigenvalue weighted by atomic mass is 16.7. The summed E-state index contributed by atoms with van der Waals surface area (Å²) in [7, 11) is 4.58. The van der Waals surface area contributed by atoms with Crippen molar-refractivity contribution < 1.29 is 33.3 Å². The first kappa shape index (κ1) is 20.7. The van der Waals surface area contributed by atoms with Crippen LogP contribution in [0.5, 0.6) is 17.2 Å². The summed E-state index contributed by atoms with van der Waals surface area (Å²) in [6.07, 6.45) is 1.51. The second-order valence-corrected chi connectivity index (χ2v) is 7.72. The fourth-order valence-electron chi connectivity index (χ4n) is 4.46. The van der Waals surface area contributed by atoms with Crippen LogP contribution in [0.25, 0.3) is 0 Å². The van der Waals surface area contributed by atoms with E-state index >= 15 is 0 Å². The summed E-state index contributed by atoms with van der Waals surface area (Å²) in [5.41, 5.74) is 0.621. The van der Waals surface area contributed by atoms with E-state index in [0.717, 1.165) is 0 Å². The van der Waals surface area contributed by atoms with Crippen LogP contribution in [0.3, 0.4) is 0 Å². The number of benzene rings is 1. The monoisotopic (exact) mass is 420 g/mol. The molecule has 3 fully saturated rings. The number of piperidine rings is 1. The molecule has 3 saturated heterocycles. The fourth-order valence-corrected chi connectivity index (χ4v) is 4.46. The minimum Gasteiger partial charge on any atom is -0.493 e. The molecule has 9 nitrogen and oxygen atoms in total. The molecule has 0 N–H and O–H groups in total. The number of rotatable bonds is 5. The molecule has 2 amide bonds. The van der Waals surface area contributed by atoms with Gasteiger partial charge in [0.2, 0.25) is 17.6 Å². The molecule has 164 valence electrons. The van der Waals surface area contributed by atoms with Crippen LogP contribution in [-0.2, 0) is 19.1 Å². The maximum absolute atomic E-state index is 13.1. The Hall–Kier alpha value is -2.52. The molecule has 0 saturated carbocycles. The van der Waals surface area contributed by atoms with Crippen LogP contribution < -0.4 is 19.1 Å². The van der Waals surface area contributed by atoms with Crippen LogP contribution in [0.2, 0.25) is 0 Å². The zero-order valence-electron chi connectivity index (χ0n) is 17.6. The molecule has 3 aliphatic heterocycles. The van der Waals surface area contributed by atoms with Gasteiger partial charge < -0.3 is 33.5 Å². The Bertz CT molecular complexity index is 787. The molecule has 1 aromatic rings. The van der Waals surface area contributed by atoms with Gasteiger partial charge in [-0.3, -0.25) is 9.59 Å².